The fourth-order valence-electron chi connectivity index (χ4n) is 4.33. The third kappa shape index (κ3) is 5.13. The normalized spacial score (nSPS) is 21.8. The summed E-state index contributed by atoms with van der Waals surface area (Å²) < 4.78 is 5.38. The van der Waals surface area contributed by atoms with E-state index in [2.05, 4.69) is 30.0 Å². The molecule has 136 valence electrons. The minimum absolute atomic E-state index is 0. The molecule has 0 bridgehead atoms. The molecule has 3 heteroatoms. The number of aryl methyl sites for hydroxylation is 1. The SMILES string of the molecule is COc1ccc2c(c1)CCCC2CCCCN1CCC(C)CC1.Cl. The van der Waals surface area contributed by atoms with Crippen LogP contribution in [0.15, 0.2) is 18.2 Å². The molecule has 2 nitrogen and oxygen atoms in total. The molecule has 2 aliphatic rings. The van der Waals surface area contributed by atoms with Crippen molar-refractivity contribution < 1.29 is 4.74 Å². The lowest BCUT2D eigenvalue weighted by molar-refractivity contribution is 0.188. The van der Waals surface area contributed by atoms with Crippen LogP contribution >= 0.6 is 12.4 Å². The second-order valence-corrected chi connectivity index (χ2v) is 7.67. The maximum atomic E-state index is 5.38. The minimum atomic E-state index is 0. The predicted octanol–water partition coefficient (Wildman–Crippen LogP) is 5.44. The van der Waals surface area contributed by atoms with Crippen LogP contribution < -0.4 is 4.74 Å². The zero-order valence-corrected chi connectivity index (χ0v) is 16.2. The fraction of sp³-hybridized carbons (Fsp3) is 0.714. The van der Waals surface area contributed by atoms with Gasteiger partial charge in [0.25, 0.3) is 0 Å². The highest BCUT2D eigenvalue weighted by Gasteiger charge is 2.20. The summed E-state index contributed by atoms with van der Waals surface area (Å²) in [6, 6.07) is 6.73. The highest BCUT2D eigenvalue weighted by molar-refractivity contribution is 5.85. The summed E-state index contributed by atoms with van der Waals surface area (Å²) in [5.41, 5.74) is 3.13. The number of hydrogen-bond donors (Lipinski definition) is 0. The predicted molar refractivity (Wildman–Crippen MR) is 105 cm³/mol. The largest absolute Gasteiger partial charge is 0.497 e. The van der Waals surface area contributed by atoms with Crippen LogP contribution in [0.2, 0.25) is 0 Å². The molecule has 1 aromatic rings. The lowest BCUT2D eigenvalue weighted by atomic mass is 9.80. The number of hydrogen-bond acceptors (Lipinski definition) is 2. The van der Waals surface area contributed by atoms with Crippen molar-refractivity contribution in [2.24, 2.45) is 5.92 Å². The number of rotatable bonds is 6. The highest BCUT2D eigenvalue weighted by atomic mass is 35.5. The third-order valence-corrected chi connectivity index (χ3v) is 5.94. The van der Waals surface area contributed by atoms with Gasteiger partial charge < -0.3 is 9.64 Å². The van der Waals surface area contributed by atoms with E-state index in [-0.39, 0.29) is 12.4 Å². The number of piperidine rings is 1. The minimum Gasteiger partial charge on any atom is -0.497 e. The summed E-state index contributed by atoms with van der Waals surface area (Å²) in [5.74, 6) is 2.75. The van der Waals surface area contributed by atoms with E-state index in [0.29, 0.717) is 0 Å². The van der Waals surface area contributed by atoms with E-state index in [1.165, 1.54) is 76.6 Å². The molecule has 0 radical (unpaired) electrons. The molecule has 1 unspecified atom stereocenters. The Balaban J connectivity index is 0.00000208. The van der Waals surface area contributed by atoms with Gasteiger partial charge in [-0.3, -0.25) is 0 Å². The molecule has 0 amide bonds. The highest BCUT2D eigenvalue weighted by Crippen LogP contribution is 2.36. The van der Waals surface area contributed by atoms with E-state index in [9.17, 15) is 0 Å². The van der Waals surface area contributed by atoms with Crippen molar-refractivity contribution in [1.29, 1.82) is 0 Å². The number of fused-ring (bicyclic) bond motifs is 1. The number of benzene rings is 1. The maximum absolute atomic E-state index is 5.38. The average Bonchev–Trinajstić information content (AvgIpc) is 2.59. The first kappa shape index (κ1) is 19.6. The Kier molecular flexibility index (Phi) is 7.90. The summed E-state index contributed by atoms with van der Waals surface area (Å²) in [7, 11) is 1.77. The van der Waals surface area contributed by atoms with Crippen molar-refractivity contribution in [3.63, 3.8) is 0 Å². The fourth-order valence-corrected chi connectivity index (χ4v) is 4.33. The molecule has 1 aliphatic heterocycles. The number of methoxy groups -OCH3 is 1. The molecule has 1 aliphatic carbocycles. The topological polar surface area (TPSA) is 12.5 Å². The second-order valence-electron chi connectivity index (χ2n) is 7.67. The summed E-state index contributed by atoms with van der Waals surface area (Å²) >= 11 is 0. The number of ether oxygens (including phenoxy) is 1. The average molecular weight is 352 g/mol. The molecule has 0 aromatic heterocycles. The lowest BCUT2D eigenvalue weighted by Gasteiger charge is -2.30. The molecule has 24 heavy (non-hydrogen) atoms. The second kappa shape index (κ2) is 9.68. The standard InChI is InChI=1S/C21H33NO.ClH/c1-17-11-14-22(15-12-17)13-4-3-6-18-7-5-8-19-16-20(23-2)9-10-21(18)19;/h9-10,16-18H,3-8,11-15H2,1-2H3;1H. The van der Waals surface area contributed by atoms with Gasteiger partial charge in [0.05, 0.1) is 7.11 Å². The Labute approximate surface area is 154 Å². The number of likely N-dealkylation sites (tertiary alicyclic amines) is 1. The summed E-state index contributed by atoms with van der Waals surface area (Å²) in [6.07, 6.45) is 10.9. The Hall–Kier alpha value is -0.730. The van der Waals surface area contributed by atoms with Gasteiger partial charge in [-0.25, -0.2) is 0 Å². The van der Waals surface area contributed by atoms with Gasteiger partial charge in [0.1, 0.15) is 5.75 Å². The first-order chi connectivity index (χ1) is 11.3. The van der Waals surface area contributed by atoms with E-state index in [1.807, 2.05) is 0 Å². The zero-order chi connectivity index (χ0) is 16.1. The zero-order valence-electron chi connectivity index (χ0n) is 15.4. The van der Waals surface area contributed by atoms with Gasteiger partial charge in [-0.1, -0.05) is 19.4 Å². The first-order valence-electron chi connectivity index (χ1n) is 9.65. The molecule has 1 atom stereocenters. The van der Waals surface area contributed by atoms with Crippen molar-refractivity contribution in [2.45, 2.75) is 64.2 Å². The van der Waals surface area contributed by atoms with Gasteiger partial charge in [-0.15, -0.1) is 12.4 Å². The lowest BCUT2D eigenvalue weighted by Crippen LogP contribution is -2.33. The molecule has 1 fully saturated rings. The Morgan fingerprint density at radius 2 is 1.92 bits per heavy atom. The smallest absolute Gasteiger partial charge is 0.119 e. The maximum Gasteiger partial charge on any atom is 0.119 e. The molecule has 0 N–H and O–H groups in total. The van der Waals surface area contributed by atoms with Crippen molar-refractivity contribution in [3.05, 3.63) is 29.3 Å². The van der Waals surface area contributed by atoms with Crippen molar-refractivity contribution in [3.8, 4) is 5.75 Å². The molecular weight excluding hydrogens is 318 g/mol. The molecule has 1 aromatic carbocycles. The Morgan fingerprint density at radius 1 is 1.12 bits per heavy atom. The van der Waals surface area contributed by atoms with Gasteiger partial charge in [-0.05, 0) is 99.7 Å². The third-order valence-electron chi connectivity index (χ3n) is 5.94. The molecule has 3 rings (SSSR count). The molecule has 0 saturated carbocycles. The van der Waals surface area contributed by atoms with Gasteiger partial charge in [0.2, 0.25) is 0 Å². The summed E-state index contributed by atoms with van der Waals surface area (Å²) in [5, 5.41) is 0. The molecular formula is C21H34ClNO. The number of nitrogens with zero attached hydrogens (tertiary/aromatic N) is 1. The van der Waals surface area contributed by atoms with Crippen molar-refractivity contribution in [1.82, 2.24) is 4.90 Å². The Bertz CT molecular complexity index is 497. The van der Waals surface area contributed by atoms with Gasteiger partial charge in [-0.2, -0.15) is 0 Å². The van der Waals surface area contributed by atoms with Gasteiger partial charge in [0, 0.05) is 0 Å². The first-order valence-corrected chi connectivity index (χ1v) is 9.65. The van der Waals surface area contributed by atoms with E-state index in [4.69, 9.17) is 4.74 Å². The van der Waals surface area contributed by atoms with Crippen molar-refractivity contribution in [2.75, 3.05) is 26.7 Å². The van der Waals surface area contributed by atoms with Crippen LogP contribution in [-0.2, 0) is 6.42 Å². The van der Waals surface area contributed by atoms with Crippen LogP contribution in [0.1, 0.15) is 68.9 Å². The monoisotopic (exact) mass is 351 g/mol. The molecule has 0 spiro atoms. The summed E-state index contributed by atoms with van der Waals surface area (Å²) in [6.45, 7) is 6.36. The Morgan fingerprint density at radius 3 is 2.67 bits per heavy atom. The van der Waals surface area contributed by atoms with E-state index < -0.39 is 0 Å². The van der Waals surface area contributed by atoms with Crippen LogP contribution in [0.25, 0.3) is 0 Å². The van der Waals surface area contributed by atoms with E-state index in [1.54, 1.807) is 12.7 Å². The van der Waals surface area contributed by atoms with Crippen LogP contribution in [-0.4, -0.2) is 31.6 Å². The van der Waals surface area contributed by atoms with Crippen LogP contribution in [0.3, 0.4) is 0 Å². The van der Waals surface area contributed by atoms with Gasteiger partial charge in [0.15, 0.2) is 0 Å². The number of unbranched alkanes of at least 4 members (excludes halogenated alkanes) is 1. The van der Waals surface area contributed by atoms with E-state index in [0.717, 1.165) is 17.6 Å². The molecule has 1 heterocycles. The van der Waals surface area contributed by atoms with Crippen LogP contribution in [0.5, 0.6) is 5.75 Å². The van der Waals surface area contributed by atoms with Crippen molar-refractivity contribution >= 4 is 12.4 Å². The summed E-state index contributed by atoms with van der Waals surface area (Å²) in [4.78, 5) is 2.68. The van der Waals surface area contributed by atoms with Gasteiger partial charge >= 0.3 is 0 Å². The molecule has 1 saturated heterocycles. The van der Waals surface area contributed by atoms with Crippen LogP contribution in [0, 0.1) is 5.92 Å². The quantitative estimate of drug-likeness (QED) is 0.633. The number of halogens is 1. The van der Waals surface area contributed by atoms with E-state index >= 15 is 0 Å². The van der Waals surface area contributed by atoms with Crippen LogP contribution in [0.4, 0.5) is 0 Å².